The van der Waals surface area contributed by atoms with Crippen molar-refractivity contribution in [1.82, 2.24) is 20.3 Å². The molecule has 6 heteroatoms. The predicted molar refractivity (Wildman–Crippen MR) is 81.7 cm³/mol. The Bertz CT molecular complexity index is 811. The third-order valence-electron chi connectivity index (χ3n) is 3.54. The van der Waals surface area contributed by atoms with E-state index >= 15 is 0 Å². The van der Waals surface area contributed by atoms with Crippen LogP contribution in [0.3, 0.4) is 0 Å². The maximum absolute atomic E-state index is 13.1. The lowest BCUT2D eigenvalue weighted by atomic mass is 10.0. The van der Waals surface area contributed by atoms with Crippen molar-refractivity contribution in [3.63, 3.8) is 0 Å². The summed E-state index contributed by atoms with van der Waals surface area (Å²) in [5.41, 5.74) is 3.98. The molecule has 0 spiro atoms. The van der Waals surface area contributed by atoms with Crippen molar-refractivity contribution in [2.75, 3.05) is 7.05 Å². The molecule has 0 saturated heterocycles. The number of benzene rings is 1. The molecular formula is C16H15FN4O. The van der Waals surface area contributed by atoms with Gasteiger partial charge in [0.2, 0.25) is 5.91 Å². The number of halogens is 1. The van der Waals surface area contributed by atoms with Crippen LogP contribution in [0.4, 0.5) is 4.39 Å². The second kappa shape index (κ2) is 5.93. The molecule has 0 bridgehead atoms. The Morgan fingerprint density at radius 2 is 1.95 bits per heavy atom. The molecule has 2 aromatic heterocycles. The van der Waals surface area contributed by atoms with Crippen LogP contribution in [-0.2, 0) is 11.2 Å². The Morgan fingerprint density at radius 1 is 1.23 bits per heavy atom. The molecular weight excluding hydrogens is 283 g/mol. The number of aromatic nitrogens is 3. The second-order valence-electron chi connectivity index (χ2n) is 4.91. The summed E-state index contributed by atoms with van der Waals surface area (Å²) in [5, 5.41) is 2.61. The molecule has 112 valence electrons. The van der Waals surface area contributed by atoms with E-state index in [-0.39, 0.29) is 11.7 Å². The number of hydrogen-bond donors (Lipinski definition) is 2. The van der Waals surface area contributed by atoms with Gasteiger partial charge < -0.3 is 10.3 Å². The zero-order valence-corrected chi connectivity index (χ0v) is 12.1. The van der Waals surface area contributed by atoms with Gasteiger partial charge in [-0.1, -0.05) is 0 Å². The van der Waals surface area contributed by atoms with Gasteiger partial charge in [-0.3, -0.25) is 9.78 Å². The minimum Gasteiger partial charge on any atom is -0.359 e. The largest absolute Gasteiger partial charge is 0.359 e. The fourth-order valence-electron chi connectivity index (χ4n) is 2.43. The van der Waals surface area contributed by atoms with Crippen LogP contribution in [0, 0.1) is 5.82 Å². The maximum atomic E-state index is 13.1. The van der Waals surface area contributed by atoms with Crippen molar-refractivity contribution in [2.24, 2.45) is 0 Å². The normalized spacial score (nSPS) is 10.8. The molecule has 0 aliphatic heterocycles. The van der Waals surface area contributed by atoms with Gasteiger partial charge in [0.15, 0.2) is 5.65 Å². The number of carbonyl (C=O) groups is 1. The zero-order valence-electron chi connectivity index (χ0n) is 12.1. The third-order valence-corrected chi connectivity index (χ3v) is 3.54. The first-order valence-electron chi connectivity index (χ1n) is 6.97. The summed E-state index contributed by atoms with van der Waals surface area (Å²) in [6.07, 6.45) is 4.11. The number of aryl methyl sites for hydroxylation is 1. The van der Waals surface area contributed by atoms with Crippen molar-refractivity contribution in [3.8, 4) is 11.3 Å². The van der Waals surface area contributed by atoms with Crippen LogP contribution in [0.15, 0.2) is 36.7 Å². The number of rotatable bonds is 4. The minimum absolute atomic E-state index is 0.0386. The van der Waals surface area contributed by atoms with Gasteiger partial charge in [0.1, 0.15) is 11.3 Å². The SMILES string of the molecule is CNC(=O)CCc1c(-c2ccc(F)cc2)[nH]c2nccnc12. The lowest BCUT2D eigenvalue weighted by Crippen LogP contribution is -2.18. The topological polar surface area (TPSA) is 70.7 Å². The van der Waals surface area contributed by atoms with Crippen LogP contribution >= 0.6 is 0 Å². The molecule has 2 heterocycles. The highest BCUT2D eigenvalue weighted by atomic mass is 19.1. The van der Waals surface area contributed by atoms with Crippen molar-refractivity contribution >= 4 is 17.1 Å². The molecule has 0 fully saturated rings. The summed E-state index contributed by atoms with van der Waals surface area (Å²) >= 11 is 0. The lowest BCUT2D eigenvalue weighted by molar-refractivity contribution is -0.120. The summed E-state index contributed by atoms with van der Waals surface area (Å²) in [6.45, 7) is 0. The highest BCUT2D eigenvalue weighted by Crippen LogP contribution is 2.29. The van der Waals surface area contributed by atoms with Crippen LogP contribution in [0.2, 0.25) is 0 Å². The fourth-order valence-corrected chi connectivity index (χ4v) is 2.43. The average Bonchev–Trinajstić information content (AvgIpc) is 2.92. The number of carbonyl (C=O) groups excluding carboxylic acids is 1. The molecule has 0 saturated carbocycles. The van der Waals surface area contributed by atoms with Crippen LogP contribution in [0.1, 0.15) is 12.0 Å². The number of H-pyrrole nitrogens is 1. The van der Waals surface area contributed by atoms with Gasteiger partial charge in [-0.2, -0.15) is 0 Å². The van der Waals surface area contributed by atoms with Gasteiger partial charge in [0.05, 0.1) is 5.69 Å². The van der Waals surface area contributed by atoms with E-state index < -0.39 is 0 Å². The molecule has 0 unspecified atom stereocenters. The molecule has 22 heavy (non-hydrogen) atoms. The first-order chi connectivity index (χ1) is 10.7. The minimum atomic E-state index is -0.289. The summed E-state index contributed by atoms with van der Waals surface area (Å²) in [6, 6.07) is 6.21. The monoisotopic (exact) mass is 298 g/mol. The van der Waals surface area contributed by atoms with Gasteiger partial charge in [-0.05, 0) is 36.2 Å². The standard InChI is InChI=1S/C16H15FN4O/c1-18-13(22)7-6-12-14(10-2-4-11(17)5-3-10)21-16-15(12)19-8-9-20-16/h2-5,8-9H,6-7H2,1H3,(H,18,22)(H,20,21). The van der Waals surface area contributed by atoms with Crippen LogP contribution < -0.4 is 5.32 Å². The van der Waals surface area contributed by atoms with Crippen LogP contribution in [-0.4, -0.2) is 27.9 Å². The van der Waals surface area contributed by atoms with E-state index in [0.717, 1.165) is 22.3 Å². The molecule has 3 rings (SSSR count). The molecule has 1 amide bonds. The van der Waals surface area contributed by atoms with E-state index in [1.807, 2.05) is 0 Å². The van der Waals surface area contributed by atoms with E-state index in [2.05, 4.69) is 20.3 Å². The molecule has 0 atom stereocenters. The van der Waals surface area contributed by atoms with Crippen molar-refractivity contribution < 1.29 is 9.18 Å². The number of fused-ring (bicyclic) bond motifs is 1. The zero-order chi connectivity index (χ0) is 15.5. The number of aromatic amines is 1. The smallest absolute Gasteiger partial charge is 0.220 e. The second-order valence-corrected chi connectivity index (χ2v) is 4.91. The van der Waals surface area contributed by atoms with Gasteiger partial charge >= 0.3 is 0 Å². The maximum Gasteiger partial charge on any atom is 0.220 e. The molecule has 0 radical (unpaired) electrons. The van der Waals surface area contributed by atoms with Gasteiger partial charge in [0.25, 0.3) is 0 Å². The van der Waals surface area contributed by atoms with Crippen molar-refractivity contribution in [3.05, 3.63) is 48.0 Å². The molecule has 5 nitrogen and oxygen atoms in total. The van der Waals surface area contributed by atoms with Crippen LogP contribution in [0.25, 0.3) is 22.4 Å². The predicted octanol–water partition coefficient (Wildman–Crippen LogP) is 2.44. The summed E-state index contributed by atoms with van der Waals surface area (Å²) < 4.78 is 13.1. The number of hydrogen-bond acceptors (Lipinski definition) is 3. The molecule has 0 aliphatic carbocycles. The Kier molecular flexibility index (Phi) is 3.82. The fraction of sp³-hybridized carbons (Fsp3) is 0.188. The number of amides is 1. The van der Waals surface area contributed by atoms with E-state index in [9.17, 15) is 9.18 Å². The van der Waals surface area contributed by atoms with E-state index in [4.69, 9.17) is 0 Å². The van der Waals surface area contributed by atoms with Crippen LogP contribution in [0.5, 0.6) is 0 Å². The van der Waals surface area contributed by atoms with E-state index in [1.54, 1.807) is 31.6 Å². The molecule has 1 aromatic carbocycles. The summed E-state index contributed by atoms with van der Waals surface area (Å²) in [4.78, 5) is 23.4. The molecule has 0 aliphatic rings. The lowest BCUT2D eigenvalue weighted by Gasteiger charge is -2.04. The molecule has 2 N–H and O–H groups in total. The first-order valence-corrected chi connectivity index (χ1v) is 6.97. The number of nitrogens with one attached hydrogen (secondary N) is 2. The van der Waals surface area contributed by atoms with Gasteiger partial charge in [-0.15, -0.1) is 0 Å². The highest BCUT2D eigenvalue weighted by Gasteiger charge is 2.16. The average molecular weight is 298 g/mol. The third kappa shape index (κ3) is 2.67. The number of nitrogens with zero attached hydrogens (tertiary/aromatic N) is 2. The van der Waals surface area contributed by atoms with E-state index in [0.29, 0.717) is 18.5 Å². The highest BCUT2D eigenvalue weighted by molar-refractivity contribution is 5.86. The first kappa shape index (κ1) is 14.2. The Morgan fingerprint density at radius 3 is 2.68 bits per heavy atom. The quantitative estimate of drug-likeness (QED) is 0.777. The van der Waals surface area contributed by atoms with Gasteiger partial charge in [-0.25, -0.2) is 9.37 Å². The Labute approximate surface area is 126 Å². The van der Waals surface area contributed by atoms with Crippen molar-refractivity contribution in [2.45, 2.75) is 12.8 Å². The van der Waals surface area contributed by atoms with E-state index in [1.165, 1.54) is 12.1 Å². The summed E-state index contributed by atoms with van der Waals surface area (Å²) in [5.74, 6) is -0.327. The Hall–Kier alpha value is -2.76. The van der Waals surface area contributed by atoms with Gasteiger partial charge in [0, 0.05) is 31.4 Å². The Balaban J connectivity index is 2.07. The summed E-state index contributed by atoms with van der Waals surface area (Å²) in [7, 11) is 1.61. The molecule has 3 aromatic rings. The van der Waals surface area contributed by atoms with Crippen molar-refractivity contribution in [1.29, 1.82) is 0 Å².